The number of carbonyl (C=O) groups is 3. The Balaban J connectivity index is 0.000000175. The molecule has 15 rings (SSSR count). The molecule has 0 spiro atoms. The molecule has 42 heteroatoms. The van der Waals surface area contributed by atoms with Crippen LogP contribution in [0.2, 0.25) is 30.1 Å². The standard InChI is InChI=1S/3C32H27Cl2F3N6O3/c3*1-6-20(44)42-10-9-41(13-16(42)5)29-17-11-19(33)27(21-23(35)24(36)22(34)25(37)30(21)45)40-31(17)43(32(46)18(29)12-38)28-15(4)7-8-39-26(28)14(2)3/h3*6-8,11,14,16,45H,1,9-10,13H2,2-5H3/t3*16-/m111/s1. The molecule has 12 heterocycles. The zero-order valence-corrected chi connectivity index (χ0v) is 79.9. The SMILES string of the molecule is C=CC(=O)N1CCN(c2c(C#N)c(=O)n(-c3c(C)ccnc3C(C)C)c3nc(-c4c(O)c(F)c(Cl)c(F)c4F)c(Cl)cc23)C[C@H]1C.C=CC(=O)N1CCN(c2c(C#N)c(=O)n(-c3c(C)ccnc3C(C)C)c3nc(-c4c(O)c(F)c(Cl)c(F)c4F)c(Cl)cc23)C[C@H]1C.C=CC(=O)N1CCN(c2c(C#N)c(=O)n(-c3c(C)ccnc3C(C)C)c3nc(-c4c(O)c(F)c(Cl)c(F)c4F)c(Cl)cc23)C[C@H]1C. The van der Waals surface area contributed by atoms with Crippen molar-refractivity contribution in [2.45, 2.75) is 119 Å². The molecule has 0 unspecified atom stereocenters. The van der Waals surface area contributed by atoms with Crippen molar-refractivity contribution in [3.63, 3.8) is 0 Å². The lowest BCUT2D eigenvalue weighted by Crippen LogP contribution is -2.54. The molecule has 3 aliphatic heterocycles. The van der Waals surface area contributed by atoms with Crippen LogP contribution in [0, 0.1) is 107 Å². The Morgan fingerprint density at radius 3 is 0.833 bits per heavy atom. The van der Waals surface area contributed by atoms with Crippen LogP contribution in [-0.2, 0) is 14.4 Å². The minimum atomic E-state index is -1.77. The quantitative estimate of drug-likeness (QED) is 0.0371. The number of hydrogen-bond acceptors (Lipinski definition) is 21. The minimum absolute atomic E-state index is 0.150. The molecule has 3 amide bonds. The van der Waals surface area contributed by atoms with Gasteiger partial charge in [0.2, 0.25) is 17.7 Å². The summed E-state index contributed by atoms with van der Waals surface area (Å²) in [6.45, 7) is 34.3. The molecule has 12 aromatic rings. The molecule has 3 saturated heterocycles. The maximum absolute atomic E-state index is 15.3. The number of pyridine rings is 9. The average molecular weight is 2010 g/mol. The molecule has 714 valence electrons. The molecule has 3 atom stereocenters. The van der Waals surface area contributed by atoms with Crippen molar-refractivity contribution in [1.29, 1.82) is 15.8 Å². The molecule has 27 nitrogen and oxygen atoms in total. The summed E-state index contributed by atoms with van der Waals surface area (Å²) in [4.78, 5) is 117. The van der Waals surface area contributed by atoms with Gasteiger partial charge in [-0.2, -0.15) is 15.8 Å². The Hall–Kier alpha value is -13.8. The van der Waals surface area contributed by atoms with Crippen LogP contribution in [0.3, 0.4) is 0 Å². The van der Waals surface area contributed by atoms with E-state index >= 15 is 13.2 Å². The lowest BCUT2D eigenvalue weighted by Gasteiger charge is -2.41. The highest BCUT2D eigenvalue weighted by Gasteiger charge is 2.40. The minimum Gasteiger partial charge on any atom is -0.504 e. The second kappa shape index (κ2) is 40.1. The number of halogens is 15. The van der Waals surface area contributed by atoms with Crippen LogP contribution >= 0.6 is 69.6 Å². The van der Waals surface area contributed by atoms with Gasteiger partial charge in [-0.1, -0.05) is 131 Å². The number of aromatic hydroxyl groups is 3. The highest BCUT2D eigenvalue weighted by Crippen LogP contribution is 2.50. The molecule has 3 N–H and O–H groups in total. The van der Waals surface area contributed by atoms with Crippen LogP contribution in [-0.4, -0.2) is 168 Å². The fourth-order valence-electron chi connectivity index (χ4n) is 17.4. The number of nitrogens with zero attached hydrogens (tertiary/aromatic N) is 18. The summed E-state index contributed by atoms with van der Waals surface area (Å²) >= 11 is 36.5. The van der Waals surface area contributed by atoms with Gasteiger partial charge in [-0.3, -0.25) is 57.4 Å². The van der Waals surface area contributed by atoms with Gasteiger partial charge >= 0.3 is 0 Å². The number of fused-ring (bicyclic) bond motifs is 3. The molecule has 138 heavy (non-hydrogen) atoms. The first kappa shape index (κ1) is 102. The lowest BCUT2D eigenvalue weighted by atomic mass is 10.0. The monoisotopic (exact) mass is 2010 g/mol. The van der Waals surface area contributed by atoms with E-state index < -0.39 is 135 Å². The fraction of sp³-hybridized carbons (Fsp3) is 0.281. The molecule has 3 aromatic carbocycles. The van der Waals surface area contributed by atoms with E-state index in [0.717, 1.165) is 13.7 Å². The summed E-state index contributed by atoms with van der Waals surface area (Å²) in [5.41, 5.74) is -3.84. The first-order valence-electron chi connectivity index (χ1n) is 42.4. The van der Waals surface area contributed by atoms with E-state index in [4.69, 9.17) is 69.6 Å². The number of aryl methyl sites for hydroxylation is 3. The van der Waals surface area contributed by atoms with Crippen molar-refractivity contribution in [1.82, 2.24) is 58.3 Å². The molecule has 3 fully saturated rings. The van der Waals surface area contributed by atoms with Crippen molar-refractivity contribution in [3.05, 3.63) is 257 Å². The van der Waals surface area contributed by atoms with Gasteiger partial charge in [-0.25, -0.2) is 54.5 Å². The Kier molecular flexibility index (Phi) is 29.5. The third kappa shape index (κ3) is 17.6. The molecule has 0 saturated carbocycles. The largest absolute Gasteiger partial charge is 0.504 e. The van der Waals surface area contributed by atoms with Crippen LogP contribution in [0.25, 0.3) is 83.9 Å². The van der Waals surface area contributed by atoms with Gasteiger partial charge < -0.3 is 44.7 Å². The van der Waals surface area contributed by atoms with Gasteiger partial charge in [0.25, 0.3) is 16.7 Å². The first-order chi connectivity index (χ1) is 65.2. The third-order valence-corrected chi connectivity index (χ3v) is 25.8. The molecule has 3 aliphatic rings. The van der Waals surface area contributed by atoms with Crippen molar-refractivity contribution >= 4 is 137 Å². The van der Waals surface area contributed by atoms with E-state index in [9.17, 15) is 86.2 Å². The van der Waals surface area contributed by atoms with Gasteiger partial charge in [0.05, 0.1) is 100 Å². The van der Waals surface area contributed by atoms with E-state index in [2.05, 4.69) is 49.6 Å². The van der Waals surface area contributed by atoms with Crippen molar-refractivity contribution in [3.8, 4) is 86.3 Å². The number of nitriles is 3. The van der Waals surface area contributed by atoms with Crippen LogP contribution in [0.15, 0.2) is 107 Å². The summed E-state index contributed by atoms with van der Waals surface area (Å²) < 4.78 is 138. The van der Waals surface area contributed by atoms with E-state index in [1.807, 2.05) is 59.8 Å². The number of anilines is 3. The van der Waals surface area contributed by atoms with E-state index in [0.29, 0.717) is 50.8 Å². The summed E-state index contributed by atoms with van der Waals surface area (Å²) in [6, 6.07) is 13.8. The van der Waals surface area contributed by atoms with Crippen LogP contribution in [0.4, 0.5) is 56.6 Å². The molecular weight excluding hydrogens is 1930 g/mol. The van der Waals surface area contributed by atoms with Gasteiger partial charge in [0.1, 0.15) is 66.9 Å². The Morgan fingerprint density at radius 2 is 0.630 bits per heavy atom. The summed E-state index contributed by atoms with van der Waals surface area (Å²) in [6.07, 6.45) is 8.30. The molecule has 9 aromatic heterocycles. The highest BCUT2D eigenvalue weighted by atomic mass is 35.5. The van der Waals surface area contributed by atoms with E-state index in [1.165, 1.54) is 36.4 Å². The fourth-order valence-corrected chi connectivity index (χ4v) is 18.7. The van der Waals surface area contributed by atoms with Crippen molar-refractivity contribution < 1.29 is 69.2 Å². The number of carbonyl (C=O) groups excluding carboxylic acids is 3. The number of aromatic nitrogens is 9. The topological polar surface area (TPSA) is 346 Å². The normalized spacial score (nSPS) is 15.0. The van der Waals surface area contributed by atoms with Crippen LogP contribution < -0.4 is 31.4 Å². The number of hydrogen-bond donors (Lipinski definition) is 3. The van der Waals surface area contributed by atoms with Gasteiger partial charge in [0, 0.05) is 112 Å². The second-order valence-corrected chi connectivity index (χ2v) is 35.9. The zero-order valence-electron chi connectivity index (χ0n) is 75.4. The predicted octanol–water partition coefficient (Wildman–Crippen LogP) is 19.2. The summed E-state index contributed by atoms with van der Waals surface area (Å²) in [7, 11) is 0. The summed E-state index contributed by atoms with van der Waals surface area (Å²) in [5.74, 6) is -20.8. The smallest absolute Gasteiger partial charge is 0.276 e. The van der Waals surface area contributed by atoms with Gasteiger partial charge in [-0.05, 0) is 131 Å². The number of phenols is 3. The van der Waals surface area contributed by atoms with Crippen molar-refractivity contribution in [2.24, 2.45) is 0 Å². The predicted molar refractivity (Wildman–Crippen MR) is 508 cm³/mol. The number of piperazine rings is 3. The zero-order chi connectivity index (χ0) is 101. The van der Waals surface area contributed by atoms with Gasteiger partial charge in [0.15, 0.2) is 69.6 Å². The van der Waals surface area contributed by atoms with E-state index in [1.54, 1.807) is 108 Å². The molecule has 0 aliphatic carbocycles. The number of phenolic OH excluding ortho intramolecular Hbond substituents is 3. The van der Waals surface area contributed by atoms with Gasteiger partial charge in [-0.15, -0.1) is 0 Å². The van der Waals surface area contributed by atoms with Crippen LogP contribution in [0.5, 0.6) is 17.2 Å². The molecular formula is C96H81Cl6F9N18O9. The maximum Gasteiger partial charge on any atom is 0.276 e. The Morgan fingerprint density at radius 1 is 0.399 bits per heavy atom. The van der Waals surface area contributed by atoms with Crippen LogP contribution in [0.1, 0.15) is 131 Å². The van der Waals surface area contributed by atoms with Crippen molar-refractivity contribution in [2.75, 3.05) is 73.6 Å². The molecule has 0 radical (unpaired) electrons. The summed E-state index contributed by atoms with van der Waals surface area (Å²) in [5, 5.41) is 58.6. The number of benzene rings is 3. The van der Waals surface area contributed by atoms with E-state index in [-0.39, 0.29) is 194 Å². The average Bonchev–Trinajstić information content (AvgIpc) is 0.726. The number of amides is 3. The lowest BCUT2D eigenvalue weighted by molar-refractivity contribution is -0.129. The maximum atomic E-state index is 15.3. The second-order valence-electron chi connectivity index (χ2n) is 33.6. The number of rotatable bonds is 15. The molecule has 0 bridgehead atoms. The Labute approximate surface area is 811 Å². The Bertz CT molecular complexity index is 6790. The third-order valence-electron chi connectivity index (χ3n) is 24.0. The first-order valence-corrected chi connectivity index (χ1v) is 44.7. The highest BCUT2D eigenvalue weighted by molar-refractivity contribution is 6.36.